The molecule has 1 saturated carbocycles. The van der Waals surface area contributed by atoms with Crippen LogP contribution in [0, 0.1) is 11.8 Å². The summed E-state index contributed by atoms with van der Waals surface area (Å²) in [7, 11) is 1.58. The largest absolute Gasteiger partial charge is 0.494 e. The molecule has 0 atom stereocenters. The van der Waals surface area contributed by atoms with Crippen LogP contribution in [-0.2, 0) is 0 Å². The molecular weight excluding hydrogens is 433 g/mol. The number of methoxy groups -OCH3 is 1. The molecule has 0 unspecified atom stereocenters. The second kappa shape index (κ2) is 9.09. The van der Waals surface area contributed by atoms with Crippen LogP contribution in [0.3, 0.4) is 0 Å². The summed E-state index contributed by atoms with van der Waals surface area (Å²) >= 11 is 12.0. The summed E-state index contributed by atoms with van der Waals surface area (Å²) in [5.41, 5.74) is 1.87. The van der Waals surface area contributed by atoms with Crippen LogP contribution in [0.25, 0.3) is 10.9 Å². The van der Waals surface area contributed by atoms with Gasteiger partial charge < -0.3 is 10.1 Å². The molecule has 0 radical (unpaired) electrons. The molecule has 31 heavy (non-hydrogen) atoms. The summed E-state index contributed by atoms with van der Waals surface area (Å²) in [5.74, 6) is 1.83. The van der Waals surface area contributed by atoms with E-state index in [-0.39, 0.29) is 5.91 Å². The number of amides is 1. The number of ether oxygens (including phenoxy) is 1. The van der Waals surface area contributed by atoms with Gasteiger partial charge >= 0.3 is 0 Å². The van der Waals surface area contributed by atoms with Gasteiger partial charge in [-0.1, -0.05) is 37.0 Å². The lowest BCUT2D eigenvalue weighted by Gasteiger charge is -2.30. The van der Waals surface area contributed by atoms with Crippen LogP contribution < -0.4 is 10.1 Å². The van der Waals surface area contributed by atoms with E-state index >= 15 is 0 Å². The molecule has 1 N–H and O–H groups in total. The highest BCUT2D eigenvalue weighted by atomic mass is 35.5. The van der Waals surface area contributed by atoms with Gasteiger partial charge in [-0.2, -0.15) is 5.10 Å². The van der Waals surface area contributed by atoms with Crippen LogP contribution in [0.2, 0.25) is 10.0 Å². The molecule has 1 fully saturated rings. The van der Waals surface area contributed by atoms with Crippen molar-refractivity contribution in [1.82, 2.24) is 9.78 Å². The second-order valence-corrected chi connectivity index (χ2v) is 9.43. The van der Waals surface area contributed by atoms with Crippen LogP contribution in [0.5, 0.6) is 5.75 Å². The summed E-state index contributed by atoms with van der Waals surface area (Å²) in [4.78, 5) is 12.7. The number of hydrogen-bond donors (Lipinski definition) is 1. The normalized spacial score (nSPS) is 19.0. The monoisotopic (exact) mass is 459 g/mol. The van der Waals surface area contributed by atoms with E-state index in [1.54, 1.807) is 25.3 Å². The molecule has 1 amide bonds. The first-order valence-electron chi connectivity index (χ1n) is 10.7. The Labute approximate surface area is 192 Å². The van der Waals surface area contributed by atoms with Gasteiger partial charge in [0.05, 0.1) is 34.4 Å². The Morgan fingerprint density at radius 3 is 2.52 bits per heavy atom. The van der Waals surface area contributed by atoms with Gasteiger partial charge in [0.1, 0.15) is 5.75 Å². The first-order chi connectivity index (χ1) is 14.9. The summed E-state index contributed by atoms with van der Waals surface area (Å²) in [6.07, 6.45) is 6.85. The smallest absolute Gasteiger partial charge is 0.255 e. The topological polar surface area (TPSA) is 56.1 Å². The van der Waals surface area contributed by atoms with E-state index < -0.39 is 0 Å². The zero-order valence-electron chi connectivity index (χ0n) is 18.0. The third kappa shape index (κ3) is 4.68. The Hall–Kier alpha value is -2.24. The van der Waals surface area contributed by atoms with Crippen molar-refractivity contribution in [3.05, 3.63) is 52.1 Å². The average Bonchev–Trinajstić information content (AvgIpc) is 3.18. The van der Waals surface area contributed by atoms with E-state index in [1.165, 1.54) is 12.8 Å². The fourth-order valence-corrected chi connectivity index (χ4v) is 4.69. The van der Waals surface area contributed by atoms with Crippen molar-refractivity contribution in [3.8, 4) is 5.75 Å². The fourth-order valence-electron chi connectivity index (χ4n) is 4.39. The van der Waals surface area contributed by atoms with E-state index in [4.69, 9.17) is 33.0 Å². The van der Waals surface area contributed by atoms with Crippen LogP contribution in [0.4, 0.5) is 5.69 Å². The lowest BCUT2D eigenvalue weighted by Crippen LogP contribution is -2.21. The number of carbonyl (C=O) groups excluding carboxylic acids is 1. The van der Waals surface area contributed by atoms with Gasteiger partial charge in [0, 0.05) is 23.2 Å². The third-order valence-corrected chi connectivity index (χ3v) is 7.07. The number of halogens is 2. The minimum Gasteiger partial charge on any atom is -0.494 e. The lowest BCUT2D eigenvalue weighted by atomic mass is 9.80. The average molecular weight is 460 g/mol. The van der Waals surface area contributed by atoms with E-state index in [9.17, 15) is 4.79 Å². The summed E-state index contributed by atoms with van der Waals surface area (Å²) in [6, 6.07) is 9.00. The number of hydrogen-bond acceptors (Lipinski definition) is 3. The predicted octanol–water partition coefficient (Wildman–Crippen LogP) is 6.99. The maximum Gasteiger partial charge on any atom is 0.255 e. The molecular formula is C24H27Cl2N3O2. The van der Waals surface area contributed by atoms with Crippen molar-refractivity contribution in [1.29, 1.82) is 0 Å². The van der Waals surface area contributed by atoms with Gasteiger partial charge in [-0.15, -0.1) is 0 Å². The Bertz CT molecular complexity index is 1100. The molecule has 7 heteroatoms. The number of carbonyl (C=O) groups is 1. The van der Waals surface area contributed by atoms with E-state index in [2.05, 4.69) is 30.0 Å². The molecule has 0 aliphatic heterocycles. The van der Waals surface area contributed by atoms with Crippen molar-refractivity contribution in [3.63, 3.8) is 0 Å². The zero-order valence-corrected chi connectivity index (χ0v) is 19.5. The Kier molecular flexibility index (Phi) is 6.44. The van der Waals surface area contributed by atoms with Crippen LogP contribution >= 0.6 is 23.2 Å². The highest BCUT2D eigenvalue weighted by molar-refractivity contribution is 6.42. The van der Waals surface area contributed by atoms with Crippen LogP contribution in [-0.4, -0.2) is 22.8 Å². The Morgan fingerprint density at radius 1 is 1.13 bits per heavy atom. The number of benzene rings is 2. The molecule has 0 saturated heterocycles. The number of fused-ring (bicyclic) bond motifs is 1. The van der Waals surface area contributed by atoms with Gasteiger partial charge in [-0.05, 0) is 61.8 Å². The molecule has 5 nitrogen and oxygen atoms in total. The Balaban J connectivity index is 1.57. The van der Waals surface area contributed by atoms with Crippen molar-refractivity contribution in [2.75, 3.05) is 12.4 Å². The quantitative estimate of drug-likeness (QED) is 0.446. The third-order valence-electron chi connectivity index (χ3n) is 6.33. The molecule has 0 bridgehead atoms. The van der Waals surface area contributed by atoms with Crippen molar-refractivity contribution < 1.29 is 9.53 Å². The lowest BCUT2D eigenvalue weighted by molar-refractivity contribution is 0.102. The number of aromatic nitrogens is 2. The zero-order chi connectivity index (χ0) is 22.1. The van der Waals surface area contributed by atoms with Gasteiger partial charge in [-0.3, -0.25) is 9.48 Å². The van der Waals surface area contributed by atoms with Gasteiger partial charge in [0.15, 0.2) is 0 Å². The number of nitrogens with one attached hydrogen (secondary N) is 1. The highest BCUT2D eigenvalue weighted by Gasteiger charge is 2.25. The molecule has 2 aromatic carbocycles. The van der Waals surface area contributed by atoms with Gasteiger partial charge in [0.2, 0.25) is 0 Å². The maximum atomic E-state index is 12.7. The van der Waals surface area contributed by atoms with Crippen LogP contribution in [0.15, 0.2) is 36.5 Å². The summed E-state index contributed by atoms with van der Waals surface area (Å²) in [5, 5.41) is 9.44. The first kappa shape index (κ1) is 22.0. The van der Waals surface area contributed by atoms with E-state index in [0.29, 0.717) is 33.1 Å². The Morgan fingerprint density at radius 2 is 1.87 bits per heavy atom. The predicted molar refractivity (Wildman–Crippen MR) is 127 cm³/mol. The minimum absolute atomic E-state index is 0.282. The number of nitrogens with zero attached hydrogens (tertiary/aromatic N) is 2. The molecule has 3 aromatic rings. The maximum absolute atomic E-state index is 12.7. The van der Waals surface area contributed by atoms with Crippen molar-refractivity contribution in [2.24, 2.45) is 11.8 Å². The first-order valence-corrected chi connectivity index (χ1v) is 11.4. The van der Waals surface area contributed by atoms with E-state index in [0.717, 1.165) is 35.6 Å². The SMILES string of the molecule is COc1cc2nn([C@H]3CC[C@H](C(C)C)CC3)cc2cc1NC(=O)c1ccc(Cl)c(Cl)c1. The van der Waals surface area contributed by atoms with Gasteiger partial charge in [-0.25, -0.2) is 0 Å². The van der Waals surface area contributed by atoms with Crippen molar-refractivity contribution >= 4 is 45.7 Å². The molecule has 1 aliphatic rings. The summed E-state index contributed by atoms with van der Waals surface area (Å²) < 4.78 is 7.61. The standard InChI is InChI=1S/C24H27Cl2N3O2/c1-14(2)15-4-7-18(8-5-15)29-13-17-11-22(23(31-3)12-21(17)28-29)27-24(30)16-6-9-19(25)20(26)10-16/h6,9-15,18H,4-5,7-8H2,1-3H3,(H,27,30)/t15-,18-. The molecule has 0 spiro atoms. The summed E-state index contributed by atoms with van der Waals surface area (Å²) in [6.45, 7) is 4.63. The number of rotatable bonds is 5. The van der Waals surface area contributed by atoms with Crippen molar-refractivity contribution in [2.45, 2.75) is 45.6 Å². The number of anilines is 1. The minimum atomic E-state index is -0.282. The molecule has 1 aromatic heterocycles. The fraction of sp³-hybridized carbons (Fsp3) is 0.417. The van der Waals surface area contributed by atoms with Crippen LogP contribution in [0.1, 0.15) is 55.9 Å². The molecule has 4 rings (SSSR count). The molecule has 1 aliphatic carbocycles. The second-order valence-electron chi connectivity index (χ2n) is 8.62. The molecule has 1 heterocycles. The molecule has 164 valence electrons. The van der Waals surface area contributed by atoms with Gasteiger partial charge in [0.25, 0.3) is 5.91 Å². The highest BCUT2D eigenvalue weighted by Crippen LogP contribution is 2.37. The van der Waals surface area contributed by atoms with E-state index in [1.807, 2.05) is 12.1 Å².